The van der Waals surface area contributed by atoms with Gasteiger partial charge in [0.2, 0.25) is 0 Å². The van der Waals surface area contributed by atoms with Gasteiger partial charge >= 0.3 is 12.1 Å². The SMILES string of the molecule is Cn1nc(-c2ccc(C(=O)OCC3CN4CCC3CC4)s2)cc1C(F)(F)F. The molecule has 0 amide bonds. The molecule has 1 unspecified atom stereocenters. The average Bonchev–Trinajstić information content (AvgIpc) is 3.27. The Kier molecular flexibility index (Phi) is 4.75. The predicted octanol–water partition coefficient (Wildman–Crippen LogP) is 3.67. The van der Waals surface area contributed by atoms with Crippen LogP contribution in [0, 0.1) is 11.8 Å². The van der Waals surface area contributed by atoms with Gasteiger partial charge < -0.3 is 9.64 Å². The molecular weight excluding hydrogens is 379 g/mol. The number of carbonyl (C=O) groups is 1. The highest BCUT2D eigenvalue weighted by Crippen LogP contribution is 2.35. The van der Waals surface area contributed by atoms with Crippen LogP contribution in [0.25, 0.3) is 10.6 Å². The molecule has 2 bridgehead atoms. The number of nitrogens with zero attached hydrogens (tertiary/aromatic N) is 3. The molecule has 27 heavy (non-hydrogen) atoms. The van der Waals surface area contributed by atoms with Gasteiger partial charge in [0.1, 0.15) is 16.3 Å². The molecule has 3 aliphatic heterocycles. The molecule has 146 valence electrons. The van der Waals surface area contributed by atoms with E-state index in [1.165, 1.54) is 7.05 Å². The van der Waals surface area contributed by atoms with Crippen molar-refractivity contribution >= 4 is 17.3 Å². The zero-order valence-electron chi connectivity index (χ0n) is 14.8. The van der Waals surface area contributed by atoms with E-state index in [0.717, 1.165) is 54.6 Å². The van der Waals surface area contributed by atoms with E-state index >= 15 is 0 Å². The Morgan fingerprint density at radius 2 is 2.07 bits per heavy atom. The smallest absolute Gasteiger partial charge is 0.433 e. The van der Waals surface area contributed by atoms with Crippen molar-refractivity contribution in [3.8, 4) is 10.6 Å². The highest BCUT2D eigenvalue weighted by atomic mass is 32.1. The number of piperidine rings is 3. The molecule has 0 aromatic carbocycles. The molecule has 3 saturated heterocycles. The Morgan fingerprint density at radius 3 is 2.67 bits per heavy atom. The van der Waals surface area contributed by atoms with Crippen LogP contribution in [0.3, 0.4) is 0 Å². The lowest BCUT2D eigenvalue weighted by Gasteiger charge is -2.44. The first-order chi connectivity index (χ1) is 12.8. The monoisotopic (exact) mass is 399 g/mol. The summed E-state index contributed by atoms with van der Waals surface area (Å²) in [5.41, 5.74) is -0.622. The van der Waals surface area contributed by atoms with E-state index in [4.69, 9.17) is 4.74 Å². The van der Waals surface area contributed by atoms with Crippen molar-refractivity contribution in [2.75, 3.05) is 26.2 Å². The number of alkyl halides is 3. The number of hydrogen-bond donors (Lipinski definition) is 0. The molecule has 9 heteroatoms. The van der Waals surface area contributed by atoms with Crippen molar-refractivity contribution in [3.05, 3.63) is 28.8 Å². The summed E-state index contributed by atoms with van der Waals surface area (Å²) >= 11 is 1.10. The van der Waals surface area contributed by atoms with Crippen LogP contribution in [0.15, 0.2) is 18.2 Å². The number of ether oxygens (including phenoxy) is 1. The van der Waals surface area contributed by atoms with Crippen LogP contribution in [0.5, 0.6) is 0 Å². The third kappa shape index (κ3) is 3.75. The standard InChI is InChI=1S/C18H20F3N3O2S/c1-23-16(18(19,20)21)8-13(22-23)14-2-3-15(27-14)17(25)26-10-12-9-24-6-4-11(12)5-7-24/h2-3,8,11-12H,4-7,9-10H2,1H3. The molecule has 0 radical (unpaired) electrons. The van der Waals surface area contributed by atoms with Gasteiger partial charge in [-0.1, -0.05) is 0 Å². The van der Waals surface area contributed by atoms with Crippen LogP contribution in [0.4, 0.5) is 13.2 Å². The molecule has 5 rings (SSSR count). The van der Waals surface area contributed by atoms with Crippen LogP contribution >= 0.6 is 11.3 Å². The van der Waals surface area contributed by atoms with E-state index in [-0.39, 0.29) is 5.69 Å². The summed E-state index contributed by atoms with van der Waals surface area (Å²) in [4.78, 5) is 15.6. The van der Waals surface area contributed by atoms with E-state index in [1.54, 1.807) is 12.1 Å². The Bertz CT molecular complexity index is 837. The summed E-state index contributed by atoms with van der Waals surface area (Å²) in [6, 6.07) is 4.19. The van der Waals surface area contributed by atoms with Crippen molar-refractivity contribution in [2.24, 2.45) is 18.9 Å². The third-order valence-corrected chi connectivity index (χ3v) is 6.54. The van der Waals surface area contributed by atoms with Gasteiger partial charge in [-0.05, 0) is 50.0 Å². The Balaban J connectivity index is 1.41. The minimum atomic E-state index is -4.46. The number of carbonyl (C=O) groups excluding carboxylic acids is 1. The highest BCUT2D eigenvalue weighted by molar-refractivity contribution is 7.17. The summed E-state index contributed by atoms with van der Waals surface area (Å²) in [5, 5.41) is 3.91. The van der Waals surface area contributed by atoms with Gasteiger partial charge in [0.05, 0.1) is 11.5 Å². The third-order valence-electron chi connectivity index (χ3n) is 5.45. The number of fused-ring (bicyclic) bond motifs is 3. The molecular formula is C18H20F3N3O2S. The largest absolute Gasteiger partial charge is 0.461 e. The summed E-state index contributed by atoms with van der Waals surface area (Å²) in [7, 11) is 1.25. The molecule has 0 saturated carbocycles. The van der Waals surface area contributed by atoms with Gasteiger partial charge in [-0.2, -0.15) is 18.3 Å². The molecule has 0 aliphatic carbocycles. The van der Waals surface area contributed by atoms with Gasteiger partial charge in [0, 0.05) is 19.5 Å². The minimum Gasteiger partial charge on any atom is -0.461 e. The van der Waals surface area contributed by atoms with E-state index in [2.05, 4.69) is 10.00 Å². The van der Waals surface area contributed by atoms with Crippen LogP contribution in [0.1, 0.15) is 28.2 Å². The maximum Gasteiger partial charge on any atom is 0.433 e. The van der Waals surface area contributed by atoms with Gasteiger partial charge in [0.15, 0.2) is 0 Å². The topological polar surface area (TPSA) is 47.4 Å². The first-order valence-corrected chi connectivity index (χ1v) is 9.74. The molecule has 2 aromatic rings. The molecule has 5 heterocycles. The summed E-state index contributed by atoms with van der Waals surface area (Å²) < 4.78 is 45.0. The quantitative estimate of drug-likeness (QED) is 0.736. The second-order valence-electron chi connectivity index (χ2n) is 7.20. The Hall–Kier alpha value is -1.87. The van der Waals surface area contributed by atoms with Crippen LogP contribution in [0.2, 0.25) is 0 Å². The van der Waals surface area contributed by atoms with E-state index in [9.17, 15) is 18.0 Å². The number of halogens is 3. The second-order valence-corrected chi connectivity index (χ2v) is 8.28. The molecule has 0 spiro atoms. The Labute approximate surface area is 158 Å². The zero-order chi connectivity index (χ0) is 19.2. The number of aryl methyl sites for hydroxylation is 1. The van der Waals surface area contributed by atoms with Crippen molar-refractivity contribution in [1.29, 1.82) is 0 Å². The molecule has 1 atom stereocenters. The normalized spacial score (nSPS) is 25.0. The highest BCUT2D eigenvalue weighted by Gasteiger charge is 2.36. The van der Waals surface area contributed by atoms with Crippen molar-refractivity contribution in [1.82, 2.24) is 14.7 Å². The first kappa shape index (κ1) is 18.5. The first-order valence-electron chi connectivity index (χ1n) is 8.92. The number of aromatic nitrogens is 2. The summed E-state index contributed by atoms with van der Waals surface area (Å²) in [6.07, 6.45) is -2.15. The number of esters is 1. The fraction of sp³-hybridized carbons (Fsp3) is 0.556. The fourth-order valence-corrected chi connectivity index (χ4v) is 4.82. The lowest BCUT2D eigenvalue weighted by Crippen LogP contribution is -2.48. The maximum absolute atomic E-state index is 12.9. The van der Waals surface area contributed by atoms with Gasteiger partial charge in [-0.25, -0.2) is 4.79 Å². The number of rotatable bonds is 4. The lowest BCUT2D eigenvalue weighted by molar-refractivity contribution is -0.143. The summed E-state index contributed by atoms with van der Waals surface area (Å²) in [6.45, 7) is 3.64. The molecule has 0 N–H and O–H groups in total. The zero-order valence-corrected chi connectivity index (χ0v) is 15.6. The Morgan fingerprint density at radius 1 is 1.33 bits per heavy atom. The van der Waals surface area contributed by atoms with Crippen LogP contribution in [-0.2, 0) is 18.0 Å². The van der Waals surface area contributed by atoms with E-state index in [0.29, 0.717) is 28.2 Å². The summed E-state index contributed by atoms with van der Waals surface area (Å²) in [5.74, 6) is 0.576. The van der Waals surface area contributed by atoms with Crippen molar-refractivity contribution in [2.45, 2.75) is 19.0 Å². The van der Waals surface area contributed by atoms with Gasteiger partial charge in [-0.15, -0.1) is 11.3 Å². The van der Waals surface area contributed by atoms with E-state index < -0.39 is 17.8 Å². The molecule has 2 aromatic heterocycles. The van der Waals surface area contributed by atoms with Gasteiger partial charge in [0.25, 0.3) is 0 Å². The minimum absolute atomic E-state index is 0.200. The van der Waals surface area contributed by atoms with Gasteiger partial charge in [-0.3, -0.25) is 4.68 Å². The van der Waals surface area contributed by atoms with Crippen LogP contribution < -0.4 is 0 Å². The number of hydrogen-bond acceptors (Lipinski definition) is 5. The molecule has 3 fully saturated rings. The predicted molar refractivity (Wildman–Crippen MR) is 94.5 cm³/mol. The van der Waals surface area contributed by atoms with Crippen molar-refractivity contribution < 1.29 is 22.7 Å². The lowest BCUT2D eigenvalue weighted by atomic mass is 9.79. The fourth-order valence-electron chi connectivity index (χ4n) is 3.97. The molecule has 5 nitrogen and oxygen atoms in total. The average molecular weight is 399 g/mol. The van der Waals surface area contributed by atoms with E-state index in [1.807, 2.05) is 0 Å². The second kappa shape index (κ2) is 6.94. The maximum atomic E-state index is 12.9. The number of thiophene rings is 1. The van der Waals surface area contributed by atoms with Crippen molar-refractivity contribution in [3.63, 3.8) is 0 Å². The van der Waals surface area contributed by atoms with Crippen LogP contribution in [-0.4, -0.2) is 46.9 Å². The molecule has 3 aliphatic rings.